The summed E-state index contributed by atoms with van der Waals surface area (Å²) in [6.07, 6.45) is 5.42. The Kier molecular flexibility index (Phi) is 10.2. The highest BCUT2D eigenvalue weighted by atomic mass is 32.1. The Bertz CT molecular complexity index is 2390. The average molecular weight is 781 g/mol. The van der Waals surface area contributed by atoms with E-state index in [0.29, 0.717) is 4.88 Å². The monoisotopic (exact) mass is 780 g/mol. The van der Waals surface area contributed by atoms with E-state index in [0.717, 1.165) is 55.0 Å². The van der Waals surface area contributed by atoms with Crippen LogP contribution in [0, 0.1) is 87.7 Å². The number of hydrogen-bond donors (Lipinski definition) is 0. The Balaban J connectivity index is 1.34. The van der Waals surface area contributed by atoms with Crippen LogP contribution in [0.1, 0.15) is 59.1 Å². The SMILES string of the molecule is CCCCCCc1ccc(-c2ccc(C#Cc3c(F)c(F)c(C#Cc4c(F)c(F)c5c(c4F)[Si](C)(C)c4c(F)c(F)c(F)c(F)c4-5)c(F)c3F)s2)s1. The quantitative estimate of drug-likeness (QED) is 0.0402. The zero-order valence-electron chi connectivity index (χ0n) is 27.3. The molecule has 0 unspecified atom stereocenters. The van der Waals surface area contributed by atoms with Crippen LogP contribution < -0.4 is 10.4 Å². The lowest BCUT2D eigenvalue weighted by molar-refractivity contribution is 0.413. The van der Waals surface area contributed by atoms with E-state index < -0.39 is 110 Å². The Morgan fingerprint density at radius 1 is 0.481 bits per heavy atom. The largest absolute Gasteiger partial charge is 0.206 e. The van der Waals surface area contributed by atoms with Crippen LogP contribution in [0.25, 0.3) is 20.9 Å². The zero-order valence-corrected chi connectivity index (χ0v) is 30.0. The molecular weight excluding hydrogens is 758 g/mol. The van der Waals surface area contributed by atoms with Crippen LogP contribution in [0.15, 0.2) is 24.3 Å². The van der Waals surface area contributed by atoms with Gasteiger partial charge in [-0.2, -0.15) is 0 Å². The number of benzene rings is 3. The van der Waals surface area contributed by atoms with Crippen molar-refractivity contribution in [2.24, 2.45) is 0 Å². The van der Waals surface area contributed by atoms with Gasteiger partial charge in [0.2, 0.25) is 0 Å². The summed E-state index contributed by atoms with van der Waals surface area (Å²) in [6.45, 7) is 4.36. The highest BCUT2D eigenvalue weighted by Crippen LogP contribution is 2.39. The first-order valence-electron chi connectivity index (χ1n) is 15.8. The molecule has 1 aliphatic rings. The van der Waals surface area contributed by atoms with Gasteiger partial charge in [0.25, 0.3) is 0 Å². The van der Waals surface area contributed by atoms with Gasteiger partial charge in [-0.1, -0.05) is 63.0 Å². The van der Waals surface area contributed by atoms with E-state index in [1.807, 2.05) is 12.1 Å². The van der Waals surface area contributed by atoms with E-state index >= 15 is 30.7 Å². The van der Waals surface area contributed by atoms with Crippen LogP contribution in [-0.4, -0.2) is 8.07 Å². The summed E-state index contributed by atoms with van der Waals surface area (Å²) >= 11 is 2.79. The van der Waals surface area contributed by atoms with Crippen LogP contribution in [0.3, 0.4) is 0 Å². The molecule has 0 radical (unpaired) electrons. The van der Waals surface area contributed by atoms with Gasteiger partial charge in [-0.05, 0) is 47.5 Å². The zero-order chi connectivity index (χ0) is 37.8. The third kappa shape index (κ3) is 6.14. The molecule has 3 heterocycles. The number of fused-ring (bicyclic) bond motifs is 3. The van der Waals surface area contributed by atoms with Crippen LogP contribution >= 0.6 is 22.7 Å². The Hall–Kier alpha value is -4.37. The molecule has 2 aromatic heterocycles. The summed E-state index contributed by atoms with van der Waals surface area (Å²) < 4.78 is 165. The standard InChI is InChI=1S/C38H23F11S2Si/c1-4-5-6-7-8-17-10-15-22(50-17)23-16-11-18(51-23)9-12-19-26(39)28(41)20(29(42)27(19)40)13-14-21-30(43)32(45)24-25-33(46)34(47)35(48)36(49)38(25)52(2,3)37(24)31(21)44/h10-11,15-16H,4-8H2,1-3H3. The van der Waals surface area contributed by atoms with Gasteiger partial charge in [0.1, 0.15) is 25.0 Å². The van der Waals surface area contributed by atoms with Crippen molar-refractivity contribution in [1.82, 2.24) is 0 Å². The minimum atomic E-state index is -4.01. The third-order valence-electron chi connectivity index (χ3n) is 8.76. The highest BCUT2D eigenvalue weighted by molar-refractivity contribution is 7.22. The second-order valence-corrected chi connectivity index (χ2v) is 18.9. The number of aryl methyl sites for hydroxylation is 1. The van der Waals surface area contributed by atoms with Crippen molar-refractivity contribution in [1.29, 1.82) is 0 Å². The molecule has 6 rings (SSSR count). The number of thiophene rings is 2. The van der Waals surface area contributed by atoms with Gasteiger partial charge >= 0.3 is 0 Å². The maximum Gasteiger partial charge on any atom is 0.198 e. The van der Waals surface area contributed by atoms with Gasteiger partial charge in [0.15, 0.2) is 58.2 Å². The molecule has 0 aliphatic carbocycles. The van der Waals surface area contributed by atoms with Crippen molar-refractivity contribution in [2.45, 2.75) is 52.1 Å². The summed E-state index contributed by atoms with van der Waals surface area (Å²) in [4.78, 5) is 3.31. The molecule has 5 aromatic rings. The molecule has 268 valence electrons. The minimum absolute atomic E-state index is 0.333. The Morgan fingerprint density at radius 3 is 1.54 bits per heavy atom. The van der Waals surface area contributed by atoms with Gasteiger partial charge in [0.05, 0.1) is 10.4 Å². The molecule has 0 N–H and O–H groups in total. The molecule has 0 saturated heterocycles. The average Bonchev–Trinajstić information content (AvgIpc) is 3.84. The summed E-state index contributed by atoms with van der Waals surface area (Å²) in [5.74, 6) is -14.8. The lowest BCUT2D eigenvalue weighted by Crippen LogP contribution is -2.53. The molecular formula is C38H23F11S2Si. The van der Waals surface area contributed by atoms with Gasteiger partial charge in [-0.15, -0.1) is 22.7 Å². The molecule has 0 saturated carbocycles. The molecule has 0 bridgehead atoms. The molecule has 0 amide bonds. The van der Waals surface area contributed by atoms with E-state index in [2.05, 4.69) is 18.8 Å². The van der Waals surface area contributed by atoms with Gasteiger partial charge in [-0.3, -0.25) is 0 Å². The van der Waals surface area contributed by atoms with Crippen LogP contribution in [0.5, 0.6) is 0 Å². The Morgan fingerprint density at radius 2 is 0.942 bits per heavy atom. The number of hydrogen-bond acceptors (Lipinski definition) is 2. The molecule has 0 atom stereocenters. The van der Waals surface area contributed by atoms with Gasteiger partial charge in [-0.25, -0.2) is 48.3 Å². The molecule has 0 spiro atoms. The summed E-state index contributed by atoms with van der Waals surface area (Å²) in [6, 6.07) is 7.30. The van der Waals surface area contributed by atoms with Crippen molar-refractivity contribution < 1.29 is 48.3 Å². The fourth-order valence-electron chi connectivity index (χ4n) is 6.18. The number of rotatable bonds is 6. The fraction of sp³-hybridized carbons (Fsp3) is 0.211. The second-order valence-electron chi connectivity index (χ2n) is 12.4. The summed E-state index contributed by atoms with van der Waals surface area (Å²) in [5, 5.41) is -1.72. The lowest BCUT2D eigenvalue weighted by Gasteiger charge is -2.20. The first-order chi connectivity index (χ1) is 24.6. The Labute approximate surface area is 300 Å². The van der Waals surface area contributed by atoms with Crippen molar-refractivity contribution >= 4 is 41.1 Å². The first kappa shape index (κ1) is 37.4. The van der Waals surface area contributed by atoms with Crippen molar-refractivity contribution in [2.75, 3.05) is 0 Å². The van der Waals surface area contributed by atoms with Crippen molar-refractivity contribution in [3.63, 3.8) is 0 Å². The maximum atomic E-state index is 15.9. The number of halogens is 11. The molecule has 52 heavy (non-hydrogen) atoms. The van der Waals surface area contributed by atoms with Crippen LogP contribution in [0.2, 0.25) is 13.1 Å². The van der Waals surface area contributed by atoms with Crippen LogP contribution in [-0.2, 0) is 6.42 Å². The first-order valence-corrected chi connectivity index (χ1v) is 20.4. The molecule has 1 aliphatic heterocycles. The molecule has 0 nitrogen and oxygen atoms in total. The highest BCUT2D eigenvalue weighted by Gasteiger charge is 2.49. The molecule has 14 heteroatoms. The predicted molar refractivity (Wildman–Crippen MR) is 182 cm³/mol. The normalized spacial score (nSPS) is 12.7. The van der Waals surface area contributed by atoms with E-state index in [1.54, 1.807) is 35.3 Å². The minimum Gasteiger partial charge on any atom is -0.206 e. The second kappa shape index (κ2) is 14.2. The van der Waals surface area contributed by atoms with E-state index in [-0.39, 0.29) is 0 Å². The van der Waals surface area contributed by atoms with Crippen molar-refractivity contribution in [3.05, 3.63) is 115 Å². The van der Waals surface area contributed by atoms with Crippen LogP contribution in [0.4, 0.5) is 48.3 Å². The van der Waals surface area contributed by atoms with E-state index in [1.165, 1.54) is 16.2 Å². The van der Waals surface area contributed by atoms with E-state index in [9.17, 15) is 17.6 Å². The van der Waals surface area contributed by atoms with Gasteiger partial charge < -0.3 is 0 Å². The number of unbranched alkanes of at least 4 members (excludes halogenated alkanes) is 3. The topological polar surface area (TPSA) is 0 Å². The van der Waals surface area contributed by atoms with Gasteiger partial charge in [0, 0.05) is 25.8 Å². The maximum absolute atomic E-state index is 15.9. The summed E-state index contributed by atoms with van der Waals surface area (Å²) in [7, 11) is -4.01. The molecule has 0 fully saturated rings. The van der Waals surface area contributed by atoms with E-state index in [4.69, 9.17) is 0 Å². The predicted octanol–water partition coefficient (Wildman–Crippen LogP) is 10.7. The summed E-state index contributed by atoms with van der Waals surface area (Å²) in [5.41, 5.74) is -6.80. The molecule has 3 aromatic carbocycles. The lowest BCUT2D eigenvalue weighted by atomic mass is 10.0. The van der Waals surface area contributed by atoms with Crippen molar-refractivity contribution in [3.8, 4) is 44.6 Å². The smallest absolute Gasteiger partial charge is 0.198 e. The fourth-order valence-corrected chi connectivity index (χ4v) is 11.5. The third-order valence-corrected chi connectivity index (χ3v) is 14.5.